The second-order valence-electron chi connectivity index (χ2n) is 8.14. The molecule has 0 aliphatic carbocycles. The van der Waals surface area contributed by atoms with Crippen LogP contribution in [0.2, 0.25) is 0 Å². The molecule has 1 atom stereocenters. The molecule has 0 unspecified atom stereocenters. The fraction of sp³-hybridized carbons (Fsp3) is 0.292. The molecule has 2 N–H and O–H groups in total. The Balaban J connectivity index is 1.48. The van der Waals surface area contributed by atoms with Gasteiger partial charge >= 0.3 is 0 Å². The van der Waals surface area contributed by atoms with Crippen molar-refractivity contribution in [2.75, 3.05) is 18.9 Å². The summed E-state index contributed by atoms with van der Waals surface area (Å²) < 4.78 is 13.6. The highest BCUT2D eigenvalue weighted by Gasteiger charge is 2.20. The van der Waals surface area contributed by atoms with Gasteiger partial charge in [0, 0.05) is 31.4 Å². The Kier molecular flexibility index (Phi) is 5.84. The topological polar surface area (TPSA) is 73.9 Å². The van der Waals surface area contributed by atoms with E-state index in [0.29, 0.717) is 18.0 Å². The molecule has 6 nitrogen and oxygen atoms in total. The van der Waals surface area contributed by atoms with Crippen LogP contribution in [0.5, 0.6) is 0 Å². The van der Waals surface area contributed by atoms with Gasteiger partial charge in [0.05, 0.1) is 5.39 Å². The van der Waals surface area contributed by atoms with Crippen molar-refractivity contribution in [3.05, 3.63) is 66.4 Å². The molecular weight excluding hydrogens is 393 g/mol. The highest BCUT2D eigenvalue weighted by molar-refractivity contribution is 6.06. The summed E-state index contributed by atoms with van der Waals surface area (Å²) in [6.45, 7) is 4.87. The molecule has 2 heterocycles. The number of benzene rings is 2. The molecule has 4 aromatic rings. The Morgan fingerprint density at radius 1 is 1.16 bits per heavy atom. The minimum absolute atomic E-state index is 0.0743. The molecule has 31 heavy (non-hydrogen) atoms. The van der Waals surface area contributed by atoms with Crippen LogP contribution in [0.3, 0.4) is 0 Å². The van der Waals surface area contributed by atoms with E-state index in [1.165, 1.54) is 18.5 Å². The smallest absolute Gasteiger partial charge is 0.254 e. The monoisotopic (exact) mass is 419 g/mol. The van der Waals surface area contributed by atoms with Crippen LogP contribution in [0.1, 0.15) is 30.6 Å². The standard InChI is InChI=1S/C24H26FN5O/c1-15(2)21(29-23-20-9-11-26-22(20)27-14-28-23)10-12-30(3)24(31)19-6-4-5-16-13-17(25)7-8-18(16)19/h4-9,11,13-15,21H,10,12H2,1-3H3,(H2,26,27,28,29)/t21-/m1/s1. The van der Waals surface area contributed by atoms with Crippen molar-refractivity contribution >= 4 is 33.5 Å². The minimum Gasteiger partial charge on any atom is -0.366 e. The molecule has 1 amide bonds. The molecule has 0 bridgehead atoms. The molecule has 0 spiro atoms. The van der Waals surface area contributed by atoms with Crippen LogP contribution in [0, 0.1) is 11.7 Å². The van der Waals surface area contributed by atoms with Crippen molar-refractivity contribution in [1.82, 2.24) is 19.9 Å². The SMILES string of the molecule is CC(C)[C@@H](CCN(C)C(=O)c1cccc2cc(F)ccc12)Nc1ncnc2[nH]ccc12. The van der Waals surface area contributed by atoms with Gasteiger partial charge in [-0.25, -0.2) is 14.4 Å². The van der Waals surface area contributed by atoms with E-state index < -0.39 is 0 Å². The fourth-order valence-corrected chi connectivity index (χ4v) is 3.82. The van der Waals surface area contributed by atoms with Gasteiger partial charge in [0.1, 0.15) is 23.6 Å². The molecule has 0 saturated heterocycles. The van der Waals surface area contributed by atoms with Crippen molar-refractivity contribution in [2.24, 2.45) is 5.92 Å². The Morgan fingerprint density at radius 2 is 2.00 bits per heavy atom. The zero-order valence-electron chi connectivity index (χ0n) is 17.9. The number of aromatic nitrogens is 3. The van der Waals surface area contributed by atoms with Crippen molar-refractivity contribution in [3.8, 4) is 0 Å². The third kappa shape index (κ3) is 4.35. The van der Waals surface area contributed by atoms with Crippen LogP contribution >= 0.6 is 0 Å². The number of nitrogens with zero attached hydrogens (tertiary/aromatic N) is 3. The molecule has 0 aliphatic rings. The maximum Gasteiger partial charge on any atom is 0.254 e. The van der Waals surface area contributed by atoms with Crippen LogP contribution in [-0.2, 0) is 0 Å². The second kappa shape index (κ2) is 8.71. The molecule has 0 saturated carbocycles. The summed E-state index contributed by atoms with van der Waals surface area (Å²) in [6, 6.07) is 12.0. The number of aromatic amines is 1. The first kappa shape index (κ1) is 20.8. The van der Waals surface area contributed by atoms with Gasteiger partial charge in [-0.05, 0) is 47.4 Å². The molecule has 160 valence electrons. The van der Waals surface area contributed by atoms with Gasteiger partial charge in [-0.15, -0.1) is 0 Å². The number of hydrogen-bond acceptors (Lipinski definition) is 4. The normalized spacial score (nSPS) is 12.4. The molecule has 0 radical (unpaired) electrons. The van der Waals surface area contributed by atoms with Crippen molar-refractivity contribution in [3.63, 3.8) is 0 Å². The fourth-order valence-electron chi connectivity index (χ4n) is 3.82. The van der Waals surface area contributed by atoms with E-state index >= 15 is 0 Å². The first-order valence-corrected chi connectivity index (χ1v) is 10.4. The molecule has 0 fully saturated rings. The Labute approximate surface area is 180 Å². The molecule has 0 aliphatic heterocycles. The quantitative estimate of drug-likeness (QED) is 0.449. The first-order valence-electron chi connectivity index (χ1n) is 10.4. The lowest BCUT2D eigenvalue weighted by Crippen LogP contribution is -2.34. The van der Waals surface area contributed by atoms with E-state index in [0.717, 1.165) is 34.0 Å². The summed E-state index contributed by atoms with van der Waals surface area (Å²) in [4.78, 5) is 26.6. The van der Waals surface area contributed by atoms with E-state index in [9.17, 15) is 9.18 Å². The van der Waals surface area contributed by atoms with Gasteiger partial charge in [-0.3, -0.25) is 4.79 Å². The summed E-state index contributed by atoms with van der Waals surface area (Å²) in [5, 5.41) is 5.95. The van der Waals surface area contributed by atoms with E-state index in [1.807, 2.05) is 18.3 Å². The maximum atomic E-state index is 13.6. The van der Waals surface area contributed by atoms with Crippen molar-refractivity contribution in [2.45, 2.75) is 26.3 Å². The predicted molar refractivity (Wildman–Crippen MR) is 122 cm³/mol. The van der Waals surface area contributed by atoms with Gasteiger partial charge in [0.25, 0.3) is 5.91 Å². The van der Waals surface area contributed by atoms with E-state index in [1.54, 1.807) is 30.1 Å². The van der Waals surface area contributed by atoms with Gasteiger partial charge < -0.3 is 15.2 Å². The number of hydrogen-bond donors (Lipinski definition) is 2. The Morgan fingerprint density at radius 3 is 2.81 bits per heavy atom. The summed E-state index contributed by atoms with van der Waals surface area (Å²) in [5.41, 5.74) is 1.37. The highest BCUT2D eigenvalue weighted by atomic mass is 19.1. The zero-order chi connectivity index (χ0) is 22.0. The van der Waals surface area contributed by atoms with Crippen LogP contribution in [0.4, 0.5) is 10.2 Å². The van der Waals surface area contributed by atoms with Gasteiger partial charge in [-0.1, -0.05) is 32.0 Å². The van der Waals surface area contributed by atoms with Crippen molar-refractivity contribution in [1.29, 1.82) is 0 Å². The number of nitrogens with one attached hydrogen (secondary N) is 2. The van der Waals surface area contributed by atoms with Crippen LogP contribution in [-0.4, -0.2) is 45.4 Å². The Bertz CT molecular complexity index is 1220. The average Bonchev–Trinajstić information content (AvgIpc) is 3.24. The van der Waals surface area contributed by atoms with Crippen LogP contribution in [0.25, 0.3) is 21.8 Å². The maximum absolute atomic E-state index is 13.6. The van der Waals surface area contributed by atoms with E-state index in [4.69, 9.17) is 0 Å². The van der Waals surface area contributed by atoms with Gasteiger partial charge in [0.15, 0.2) is 0 Å². The lowest BCUT2D eigenvalue weighted by atomic mass is 10.00. The second-order valence-corrected chi connectivity index (χ2v) is 8.14. The van der Waals surface area contributed by atoms with Gasteiger partial charge in [0.2, 0.25) is 0 Å². The molecule has 2 aromatic heterocycles. The third-order valence-electron chi connectivity index (χ3n) is 5.68. The number of amides is 1. The Hall–Kier alpha value is -3.48. The highest BCUT2D eigenvalue weighted by Crippen LogP contribution is 2.23. The number of carbonyl (C=O) groups is 1. The van der Waals surface area contributed by atoms with Crippen LogP contribution < -0.4 is 5.32 Å². The van der Waals surface area contributed by atoms with Crippen molar-refractivity contribution < 1.29 is 9.18 Å². The lowest BCUT2D eigenvalue weighted by Gasteiger charge is -2.26. The summed E-state index contributed by atoms with van der Waals surface area (Å²) in [6.07, 6.45) is 4.14. The molecule has 7 heteroatoms. The van der Waals surface area contributed by atoms with Gasteiger partial charge in [-0.2, -0.15) is 0 Å². The van der Waals surface area contributed by atoms with E-state index in [-0.39, 0.29) is 17.8 Å². The lowest BCUT2D eigenvalue weighted by molar-refractivity contribution is 0.0792. The third-order valence-corrected chi connectivity index (χ3v) is 5.68. The zero-order valence-corrected chi connectivity index (χ0v) is 17.9. The number of halogens is 1. The van der Waals surface area contributed by atoms with Crippen LogP contribution in [0.15, 0.2) is 55.0 Å². The number of fused-ring (bicyclic) bond motifs is 2. The molecule has 2 aromatic carbocycles. The molecular formula is C24H26FN5O. The van der Waals surface area contributed by atoms with E-state index in [2.05, 4.69) is 34.1 Å². The summed E-state index contributed by atoms with van der Waals surface area (Å²) >= 11 is 0. The largest absolute Gasteiger partial charge is 0.366 e. The number of anilines is 1. The summed E-state index contributed by atoms with van der Waals surface area (Å²) in [5.74, 6) is 0.746. The predicted octanol–water partition coefficient (Wildman–Crippen LogP) is 4.85. The molecule has 4 rings (SSSR count). The first-order chi connectivity index (χ1) is 14.9. The number of rotatable bonds is 7. The average molecular weight is 420 g/mol. The summed E-state index contributed by atoms with van der Waals surface area (Å²) in [7, 11) is 1.80. The minimum atomic E-state index is -0.308. The number of H-pyrrole nitrogens is 1. The number of carbonyl (C=O) groups excluding carboxylic acids is 1.